The van der Waals surface area contributed by atoms with Gasteiger partial charge in [-0.15, -0.1) is 0 Å². The van der Waals surface area contributed by atoms with E-state index < -0.39 is 11.9 Å². The Bertz CT molecular complexity index is 433. The van der Waals surface area contributed by atoms with E-state index in [1.54, 1.807) is 31.3 Å². The fourth-order valence-electron chi connectivity index (χ4n) is 1.52. The largest absolute Gasteiger partial charge is 0.382 e. The minimum atomic E-state index is -0.973. The van der Waals surface area contributed by atoms with E-state index in [0.717, 1.165) is 6.20 Å². The van der Waals surface area contributed by atoms with E-state index >= 15 is 0 Å². The quantitative estimate of drug-likeness (QED) is 0.811. The third-order valence-electron chi connectivity index (χ3n) is 2.31. The molecule has 0 aliphatic rings. The highest BCUT2D eigenvalue weighted by atomic mass is 19.1. The normalized spacial score (nSPS) is 12.7. The third-order valence-corrected chi connectivity index (χ3v) is 2.31. The molecule has 1 aromatic carbocycles. The number of aryl methyl sites for hydroxylation is 1. The van der Waals surface area contributed by atoms with Crippen molar-refractivity contribution in [2.45, 2.75) is 6.10 Å². The first-order valence-corrected chi connectivity index (χ1v) is 4.60. The van der Waals surface area contributed by atoms with E-state index in [2.05, 4.69) is 5.10 Å². The molecule has 0 saturated carbocycles. The zero-order chi connectivity index (χ0) is 10.8. The van der Waals surface area contributed by atoms with Crippen LogP contribution in [0.15, 0.2) is 36.5 Å². The zero-order valence-corrected chi connectivity index (χ0v) is 8.26. The second kappa shape index (κ2) is 3.82. The van der Waals surface area contributed by atoms with Crippen LogP contribution in [0.4, 0.5) is 4.39 Å². The summed E-state index contributed by atoms with van der Waals surface area (Å²) in [5.74, 6) is -0.492. The van der Waals surface area contributed by atoms with Crippen molar-refractivity contribution < 1.29 is 9.50 Å². The van der Waals surface area contributed by atoms with Gasteiger partial charge >= 0.3 is 0 Å². The molecule has 0 aliphatic carbocycles. The van der Waals surface area contributed by atoms with Crippen LogP contribution in [-0.4, -0.2) is 14.9 Å². The van der Waals surface area contributed by atoms with E-state index in [9.17, 15) is 9.50 Å². The lowest BCUT2D eigenvalue weighted by Gasteiger charge is -2.11. The lowest BCUT2D eigenvalue weighted by molar-refractivity contribution is 0.204. The molecule has 0 spiro atoms. The summed E-state index contributed by atoms with van der Waals surface area (Å²) in [6, 6.07) is 8.93. The van der Waals surface area contributed by atoms with Gasteiger partial charge in [0.25, 0.3) is 0 Å². The monoisotopic (exact) mass is 206 g/mol. The minimum absolute atomic E-state index is 0.182. The Balaban J connectivity index is 2.41. The fraction of sp³-hybridized carbons (Fsp3) is 0.182. The Morgan fingerprint density at radius 3 is 2.53 bits per heavy atom. The summed E-state index contributed by atoms with van der Waals surface area (Å²) >= 11 is 0. The Labute approximate surface area is 86.8 Å². The molecule has 1 heterocycles. The molecule has 2 rings (SSSR count). The molecule has 15 heavy (non-hydrogen) atoms. The van der Waals surface area contributed by atoms with Gasteiger partial charge < -0.3 is 5.11 Å². The number of benzene rings is 1. The molecule has 2 aromatic rings. The molecular formula is C11H11FN2O. The molecule has 1 aromatic heterocycles. The number of aliphatic hydroxyl groups excluding tert-OH is 1. The maximum atomic E-state index is 13.3. The average molecular weight is 206 g/mol. The van der Waals surface area contributed by atoms with Gasteiger partial charge in [0.1, 0.15) is 11.8 Å². The molecule has 1 N–H and O–H groups in total. The lowest BCUT2D eigenvalue weighted by atomic mass is 10.1. The zero-order valence-electron chi connectivity index (χ0n) is 8.26. The van der Waals surface area contributed by atoms with Crippen LogP contribution in [0.5, 0.6) is 0 Å². The highest BCUT2D eigenvalue weighted by molar-refractivity contribution is 5.25. The SMILES string of the molecule is Cn1ncc(F)c1C(O)c1ccccc1. The Hall–Kier alpha value is -1.68. The first-order valence-electron chi connectivity index (χ1n) is 4.60. The van der Waals surface area contributed by atoms with Gasteiger partial charge in [0, 0.05) is 7.05 Å². The molecule has 0 fully saturated rings. The van der Waals surface area contributed by atoms with Gasteiger partial charge in [-0.3, -0.25) is 4.68 Å². The summed E-state index contributed by atoms with van der Waals surface area (Å²) < 4.78 is 14.6. The Morgan fingerprint density at radius 2 is 2.00 bits per heavy atom. The van der Waals surface area contributed by atoms with Crippen LogP contribution in [0.25, 0.3) is 0 Å². The van der Waals surface area contributed by atoms with Crippen LogP contribution in [0.3, 0.4) is 0 Å². The first-order chi connectivity index (χ1) is 7.20. The predicted octanol–water partition coefficient (Wildman–Crippen LogP) is 1.64. The topological polar surface area (TPSA) is 38.0 Å². The molecule has 1 unspecified atom stereocenters. The summed E-state index contributed by atoms with van der Waals surface area (Å²) in [5.41, 5.74) is 0.834. The molecule has 78 valence electrons. The van der Waals surface area contributed by atoms with Gasteiger partial charge in [0.05, 0.1) is 6.20 Å². The first kappa shape index (κ1) is 9.86. The predicted molar refractivity (Wildman–Crippen MR) is 53.7 cm³/mol. The van der Waals surface area contributed by atoms with Crippen molar-refractivity contribution in [3.8, 4) is 0 Å². The number of aromatic nitrogens is 2. The molecule has 0 radical (unpaired) electrons. The van der Waals surface area contributed by atoms with Crippen LogP contribution in [-0.2, 0) is 7.05 Å². The summed E-state index contributed by atoms with van der Waals surface area (Å²) in [6.07, 6.45) is 0.125. The van der Waals surface area contributed by atoms with Crippen molar-refractivity contribution in [3.05, 3.63) is 53.6 Å². The summed E-state index contributed by atoms with van der Waals surface area (Å²) in [5, 5.41) is 13.7. The average Bonchev–Trinajstić information content (AvgIpc) is 2.59. The van der Waals surface area contributed by atoms with Crippen LogP contribution in [0, 0.1) is 5.82 Å². The highest BCUT2D eigenvalue weighted by Gasteiger charge is 2.18. The van der Waals surface area contributed by atoms with Gasteiger partial charge in [-0.05, 0) is 5.56 Å². The maximum Gasteiger partial charge on any atom is 0.167 e. The van der Waals surface area contributed by atoms with Crippen LogP contribution >= 0.6 is 0 Å². The van der Waals surface area contributed by atoms with Crippen molar-refractivity contribution in [2.24, 2.45) is 7.05 Å². The van der Waals surface area contributed by atoms with Crippen LogP contribution in [0.1, 0.15) is 17.4 Å². The number of aliphatic hydroxyl groups is 1. The number of hydrogen-bond acceptors (Lipinski definition) is 2. The smallest absolute Gasteiger partial charge is 0.167 e. The lowest BCUT2D eigenvalue weighted by Crippen LogP contribution is -2.08. The number of halogens is 1. The molecule has 0 bridgehead atoms. The molecule has 3 nitrogen and oxygen atoms in total. The molecule has 0 amide bonds. The number of hydrogen-bond donors (Lipinski definition) is 1. The molecular weight excluding hydrogens is 195 g/mol. The number of rotatable bonds is 2. The molecule has 1 atom stereocenters. The van der Waals surface area contributed by atoms with Crippen molar-refractivity contribution in [1.29, 1.82) is 0 Å². The third kappa shape index (κ3) is 1.76. The second-order valence-corrected chi connectivity index (χ2v) is 3.31. The van der Waals surface area contributed by atoms with Crippen LogP contribution in [0.2, 0.25) is 0 Å². The maximum absolute atomic E-state index is 13.3. The highest BCUT2D eigenvalue weighted by Crippen LogP contribution is 2.22. The van der Waals surface area contributed by atoms with Crippen molar-refractivity contribution in [1.82, 2.24) is 9.78 Å². The van der Waals surface area contributed by atoms with E-state index in [1.165, 1.54) is 4.68 Å². The van der Waals surface area contributed by atoms with Gasteiger partial charge in [-0.2, -0.15) is 5.10 Å². The van der Waals surface area contributed by atoms with E-state index in [0.29, 0.717) is 5.56 Å². The number of nitrogens with zero attached hydrogens (tertiary/aromatic N) is 2. The fourth-order valence-corrected chi connectivity index (χ4v) is 1.52. The summed E-state index contributed by atoms with van der Waals surface area (Å²) in [6.45, 7) is 0. The molecule has 0 aliphatic heterocycles. The van der Waals surface area contributed by atoms with E-state index in [4.69, 9.17) is 0 Å². The minimum Gasteiger partial charge on any atom is -0.382 e. The van der Waals surface area contributed by atoms with Crippen molar-refractivity contribution in [3.63, 3.8) is 0 Å². The summed E-state index contributed by atoms with van der Waals surface area (Å²) in [7, 11) is 1.60. The van der Waals surface area contributed by atoms with Crippen LogP contribution < -0.4 is 0 Å². The van der Waals surface area contributed by atoms with Crippen molar-refractivity contribution >= 4 is 0 Å². The van der Waals surface area contributed by atoms with E-state index in [-0.39, 0.29) is 5.69 Å². The molecule has 0 saturated heterocycles. The van der Waals surface area contributed by atoms with Gasteiger partial charge in [-0.1, -0.05) is 30.3 Å². The molecule has 4 heteroatoms. The summed E-state index contributed by atoms with van der Waals surface area (Å²) in [4.78, 5) is 0. The Kier molecular flexibility index (Phi) is 2.51. The standard InChI is InChI=1S/C11H11FN2O/c1-14-10(9(12)7-13-14)11(15)8-5-3-2-4-6-8/h2-7,11,15H,1H3. The van der Waals surface area contributed by atoms with E-state index in [1.807, 2.05) is 6.07 Å². The van der Waals surface area contributed by atoms with Gasteiger partial charge in [0.2, 0.25) is 0 Å². The van der Waals surface area contributed by atoms with Gasteiger partial charge in [-0.25, -0.2) is 4.39 Å². The second-order valence-electron chi connectivity index (χ2n) is 3.31. The van der Waals surface area contributed by atoms with Crippen molar-refractivity contribution in [2.75, 3.05) is 0 Å². The Morgan fingerprint density at radius 1 is 1.33 bits per heavy atom. The van der Waals surface area contributed by atoms with Gasteiger partial charge in [0.15, 0.2) is 5.82 Å².